The first kappa shape index (κ1) is 16.7. The highest BCUT2D eigenvalue weighted by Gasteiger charge is 2.11. The molecule has 27 heavy (non-hydrogen) atoms. The van der Waals surface area contributed by atoms with Gasteiger partial charge < -0.3 is 9.73 Å². The molecule has 6 nitrogen and oxygen atoms in total. The topological polar surface area (TPSA) is 80.9 Å². The lowest BCUT2D eigenvalue weighted by Crippen LogP contribution is -2.11. The van der Waals surface area contributed by atoms with Crippen molar-refractivity contribution >= 4 is 11.6 Å². The minimum atomic E-state index is -0.213. The summed E-state index contributed by atoms with van der Waals surface area (Å²) < 4.78 is 5.77. The number of carbonyl (C=O) groups is 1. The van der Waals surface area contributed by atoms with E-state index in [4.69, 9.17) is 4.42 Å². The molecule has 0 unspecified atom stereocenters. The summed E-state index contributed by atoms with van der Waals surface area (Å²) >= 11 is 0. The average molecular weight is 356 g/mol. The summed E-state index contributed by atoms with van der Waals surface area (Å²) in [5.74, 6) is 0.685. The first-order valence-corrected chi connectivity index (χ1v) is 8.41. The smallest absolute Gasteiger partial charge is 0.257 e. The van der Waals surface area contributed by atoms with Crippen LogP contribution in [0.15, 0.2) is 77.5 Å². The predicted molar refractivity (Wildman–Crippen MR) is 102 cm³/mol. The first-order chi connectivity index (χ1) is 13.2. The highest BCUT2D eigenvalue weighted by Crippen LogP contribution is 2.25. The zero-order valence-corrected chi connectivity index (χ0v) is 14.6. The third-order valence-corrected chi connectivity index (χ3v) is 4.04. The lowest BCUT2D eigenvalue weighted by Gasteiger charge is -2.05. The summed E-state index contributed by atoms with van der Waals surface area (Å²) in [7, 11) is 0. The molecule has 2 aromatic heterocycles. The number of aryl methyl sites for hydroxylation is 1. The standard InChI is InChI=1S/C21H16N4O2/c1-14-4-6-15(7-5-14)20-24-25-21(27-20)16-8-10-18(11-9-16)23-19(26)17-3-2-12-22-13-17/h2-13H,1H3,(H,23,26). The van der Waals surface area contributed by atoms with Gasteiger partial charge in [0, 0.05) is 29.2 Å². The van der Waals surface area contributed by atoms with Crippen LogP contribution in [0.2, 0.25) is 0 Å². The van der Waals surface area contributed by atoms with Gasteiger partial charge in [-0.1, -0.05) is 17.7 Å². The Labute approximate surface area is 155 Å². The van der Waals surface area contributed by atoms with Gasteiger partial charge in [0.25, 0.3) is 5.91 Å². The predicted octanol–water partition coefficient (Wildman–Crippen LogP) is 4.36. The number of pyridine rings is 1. The van der Waals surface area contributed by atoms with Crippen molar-refractivity contribution in [3.63, 3.8) is 0 Å². The van der Waals surface area contributed by atoms with Crippen LogP contribution in [0.1, 0.15) is 15.9 Å². The minimum Gasteiger partial charge on any atom is -0.416 e. The maximum Gasteiger partial charge on any atom is 0.257 e. The van der Waals surface area contributed by atoms with Crippen LogP contribution in [-0.2, 0) is 0 Å². The molecule has 1 N–H and O–H groups in total. The van der Waals surface area contributed by atoms with E-state index in [1.807, 2.05) is 43.3 Å². The summed E-state index contributed by atoms with van der Waals surface area (Å²) in [6.45, 7) is 2.03. The molecule has 1 amide bonds. The number of benzene rings is 2. The Morgan fingerprint density at radius 3 is 2.11 bits per heavy atom. The van der Waals surface area contributed by atoms with E-state index in [9.17, 15) is 4.79 Å². The Morgan fingerprint density at radius 2 is 1.52 bits per heavy atom. The Bertz CT molecular complexity index is 1060. The van der Waals surface area contributed by atoms with Gasteiger partial charge in [-0.05, 0) is 55.5 Å². The summed E-state index contributed by atoms with van der Waals surface area (Å²) in [5.41, 5.74) is 3.99. The molecule has 2 heterocycles. The van der Waals surface area contributed by atoms with Gasteiger partial charge in [-0.3, -0.25) is 9.78 Å². The Hall–Kier alpha value is -3.80. The molecule has 0 atom stereocenters. The first-order valence-electron chi connectivity index (χ1n) is 8.41. The van der Waals surface area contributed by atoms with Gasteiger partial charge in [0.2, 0.25) is 11.8 Å². The number of hydrogen-bond acceptors (Lipinski definition) is 5. The van der Waals surface area contributed by atoms with E-state index in [0.29, 0.717) is 23.0 Å². The molecule has 2 aromatic carbocycles. The number of rotatable bonds is 4. The van der Waals surface area contributed by atoms with Crippen LogP contribution >= 0.6 is 0 Å². The van der Waals surface area contributed by atoms with E-state index in [2.05, 4.69) is 20.5 Å². The fourth-order valence-electron chi connectivity index (χ4n) is 2.55. The number of nitrogens with one attached hydrogen (secondary N) is 1. The monoisotopic (exact) mass is 356 g/mol. The maximum atomic E-state index is 12.2. The second-order valence-electron chi connectivity index (χ2n) is 6.05. The zero-order valence-electron chi connectivity index (χ0n) is 14.6. The van der Waals surface area contributed by atoms with Crippen LogP contribution in [0.4, 0.5) is 5.69 Å². The molecule has 0 saturated carbocycles. The highest BCUT2D eigenvalue weighted by molar-refractivity contribution is 6.04. The van der Waals surface area contributed by atoms with Gasteiger partial charge in [0.1, 0.15) is 0 Å². The van der Waals surface area contributed by atoms with Crippen molar-refractivity contribution in [3.05, 3.63) is 84.2 Å². The molecule has 6 heteroatoms. The van der Waals surface area contributed by atoms with E-state index in [1.165, 1.54) is 11.8 Å². The summed E-state index contributed by atoms with van der Waals surface area (Å²) in [4.78, 5) is 16.1. The highest BCUT2D eigenvalue weighted by atomic mass is 16.4. The molecule has 0 radical (unpaired) electrons. The third-order valence-electron chi connectivity index (χ3n) is 4.04. The van der Waals surface area contributed by atoms with Crippen LogP contribution in [0, 0.1) is 6.92 Å². The molecule has 0 aliphatic carbocycles. The average Bonchev–Trinajstić information content (AvgIpc) is 3.20. The molecule has 0 aliphatic heterocycles. The molecule has 0 saturated heterocycles. The second-order valence-corrected chi connectivity index (χ2v) is 6.05. The number of aromatic nitrogens is 3. The van der Waals surface area contributed by atoms with E-state index in [-0.39, 0.29) is 5.91 Å². The number of nitrogens with zero attached hydrogens (tertiary/aromatic N) is 3. The minimum absolute atomic E-state index is 0.213. The molecule has 0 fully saturated rings. The maximum absolute atomic E-state index is 12.2. The second kappa shape index (κ2) is 7.21. The lowest BCUT2D eigenvalue weighted by molar-refractivity contribution is 0.102. The fraction of sp³-hybridized carbons (Fsp3) is 0.0476. The summed E-state index contributed by atoms with van der Waals surface area (Å²) in [6, 6.07) is 18.6. The normalized spacial score (nSPS) is 10.6. The number of carbonyl (C=O) groups excluding carboxylic acids is 1. The number of hydrogen-bond donors (Lipinski definition) is 1. The van der Waals surface area contributed by atoms with Crippen LogP contribution in [0.5, 0.6) is 0 Å². The lowest BCUT2D eigenvalue weighted by atomic mass is 10.1. The van der Waals surface area contributed by atoms with Crippen molar-refractivity contribution in [1.29, 1.82) is 0 Å². The van der Waals surface area contributed by atoms with E-state index in [1.54, 1.807) is 30.5 Å². The van der Waals surface area contributed by atoms with E-state index < -0.39 is 0 Å². The van der Waals surface area contributed by atoms with Crippen LogP contribution in [0.3, 0.4) is 0 Å². The van der Waals surface area contributed by atoms with Crippen molar-refractivity contribution in [2.45, 2.75) is 6.92 Å². The molecule has 0 spiro atoms. The zero-order chi connectivity index (χ0) is 18.6. The van der Waals surface area contributed by atoms with E-state index in [0.717, 1.165) is 11.1 Å². The Kier molecular flexibility index (Phi) is 4.45. The van der Waals surface area contributed by atoms with Gasteiger partial charge >= 0.3 is 0 Å². The van der Waals surface area contributed by atoms with Crippen molar-refractivity contribution in [2.24, 2.45) is 0 Å². The van der Waals surface area contributed by atoms with Crippen molar-refractivity contribution in [1.82, 2.24) is 15.2 Å². The number of anilines is 1. The van der Waals surface area contributed by atoms with Gasteiger partial charge in [0.05, 0.1) is 5.56 Å². The fourth-order valence-corrected chi connectivity index (χ4v) is 2.55. The Morgan fingerprint density at radius 1 is 0.889 bits per heavy atom. The SMILES string of the molecule is Cc1ccc(-c2nnc(-c3ccc(NC(=O)c4cccnc4)cc3)o2)cc1. The largest absolute Gasteiger partial charge is 0.416 e. The molecule has 132 valence electrons. The molecule has 0 bridgehead atoms. The molecule has 4 aromatic rings. The van der Waals surface area contributed by atoms with Gasteiger partial charge in [-0.15, -0.1) is 10.2 Å². The van der Waals surface area contributed by atoms with Gasteiger partial charge in [-0.25, -0.2) is 0 Å². The quantitative estimate of drug-likeness (QED) is 0.587. The van der Waals surface area contributed by atoms with Crippen LogP contribution < -0.4 is 5.32 Å². The number of amides is 1. The van der Waals surface area contributed by atoms with Gasteiger partial charge in [0.15, 0.2) is 0 Å². The summed E-state index contributed by atoms with van der Waals surface area (Å²) in [6.07, 6.45) is 3.15. The summed E-state index contributed by atoms with van der Waals surface area (Å²) in [5, 5.41) is 11.0. The van der Waals surface area contributed by atoms with Crippen molar-refractivity contribution in [2.75, 3.05) is 5.32 Å². The van der Waals surface area contributed by atoms with Crippen molar-refractivity contribution in [3.8, 4) is 22.9 Å². The molecular weight excluding hydrogens is 340 g/mol. The molecular formula is C21H16N4O2. The van der Waals surface area contributed by atoms with Crippen LogP contribution in [0.25, 0.3) is 22.9 Å². The third kappa shape index (κ3) is 3.74. The molecule has 0 aliphatic rings. The van der Waals surface area contributed by atoms with E-state index >= 15 is 0 Å². The molecule has 4 rings (SSSR count). The Balaban J connectivity index is 1.49. The van der Waals surface area contributed by atoms with Crippen molar-refractivity contribution < 1.29 is 9.21 Å². The van der Waals surface area contributed by atoms with Gasteiger partial charge in [-0.2, -0.15) is 0 Å². The van der Waals surface area contributed by atoms with Crippen LogP contribution in [-0.4, -0.2) is 21.1 Å².